The molecule has 29 heteroatoms. The fraction of sp³-hybridized carbons (Fsp3) is 0.604. The van der Waals surface area contributed by atoms with Gasteiger partial charge in [-0.1, -0.05) is 52.3 Å². The van der Waals surface area contributed by atoms with Gasteiger partial charge in [0.15, 0.2) is 5.96 Å². The van der Waals surface area contributed by atoms with E-state index in [2.05, 4.69) is 46.5 Å². The van der Waals surface area contributed by atoms with E-state index in [1.807, 2.05) is 45.0 Å². The number of carbonyl (C=O) groups is 9. The van der Waals surface area contributed by atoms with Crippen LogP contribution in [0.3, 0.4) is 0 Å². The molecule has 0 radical (unpaired) electrons. The Morgan fingerprint density at radius 2 is 1.35 bits per heavy atom. The molecule has 2 aromatic heterocycles. The van der Waals surface area contributed by atoms with E-state index in [9.17, 15) is 56.6 Å². The summed E-state index contributed by atoms with van der Waals surface area (Å²) in [7, 11) is 0. The third kappa shape index (κ3) is 20.0. The minimum Gasteiger partial charge on any atom is -0.480 e. The van der Waals surface area contributed by atoms with Crippen molar-refractivity contribution in [2.24, 2.45) is 39.8 Å². The summed E-state index contributed by atoms with van der Waals surface area (Å²) in [6, 6.07) is -1.48. The molecular formula is C53H80F3N15O11. The number of aliphatic carboxylic acids is 2. The van der Waals surface area contributed by atoms with Crippen molar-refractivity contribution in [2.45, 2.75) is 166 Å². The summed E-state index contributed by atoms with van der Waals surface area (Å²) < 4.78 is 31.7. The second-order valence-corrected chi connectivity index (χ2v) is 21.0. The second-order valence-electron chi connectivity index (χ2n) is 21.0. The van der Waals surface area contributed by atoms with Crippen molar-refractivity contribution in [1.82, 2.24) is 51.3 Å². The molecule has 454 valence electrons. The number of carbonyl (C=O) groups excluding carboxylic acids is 7. The van der Waals surface area contributed by atoms with Crippen LogP contribution in [0, 0.1) is 11.8 Å². The van der Waals surface area contributed by atoms with Crippen LogP contribution in [0.25, 0.3) is 10.9 Å². The van der Waals surface area contributed by atoms with E-state index < -0.39 is 114 Å². The maximum Gasteiger partial charge on any atom is 0.490 e. The molecule has 9 atom stereocenters. The summed E-state index contributed by atoms with van der Waals surface area (Å²) in [5, 5.41) is 31.8. The molecule has 7 amide bonds. The van der Waals surface area contributed by atoms with Gasteiger partial charge in [0.05, 0.1) is 12.4 Å². The van der Waals surface area contributed by atoms with E-state index in [4.69, 9.17) is 32.8 Å². The monoisotopic (exact) mass is 1160 g/mol. The van der Waals surface area contributed by atoms with E-state index in [0.717, 1.165) is 10.9 Å². The van der Waals surface area contributed by atoms with Gasteiger partial charge >= 0.3 is 18.1 Å². The predicted octanol–water partition coefficient (Wildman–Crippen LogP) is 0.402. The van der Waals surface area contributed by atoms with Crippen LogP contribution in [0.15, 0.2) is 48.0 Å². The molecule has 1 aromatic carbocycles. The number of alkyl halides is 3. The van der Waals surface area contributed by atoms with Crippen molar-refractivity contribution in [3.63, 3.8) is 0 Å². The number of aromatic amines is 2. The number of nitrogens with two attached hydrogens (primary N) is 4. The number of imidazole rings is 1. The number of nitrogens with one attached hydrogen (secondary N) is 7. The first-order chi connectivity index (χ1) is 38.8. The number of halogens is 3. The first kappa shape index (κ1) is 66.7. The number of hydrogen-bond acceptors (Lipinski definition) is 13. The van der Waals surface area contributed by atoms with Crippen molar-refractivity contribution in [3.8, 4) is 0 Å². The number of unbranched alkanes of at least 4 members (excludes halogenated alkanes) is 1. The van der Waals surface area contributed by atoms with Crippen LogP contribution in [0.5, 0.6) is 0 Å². The fourth-order valence-corrected chi connectivity index (χ4v) is 9.71. The quantitative estimate of drug-likeness (QED) is 0.0254. The van der Waals surface area contributed by atoms with Gasteiger partial charge in [0.25, 0.3) is 0 Å². The largest absolute Gasteiger partial charge is 0.490 e. The zero-order chi connectivity index (χ0) is 60.8. The van der Waals surface area contributed by atoms with Crippen molar-refractivity contribution >= 4 is 70.2 Å². The molecule has 2 saturated heterocycles. The molecule has 0 saturated carbocycles. The molecule has 2 aliphatic heterocycles. The number of likely N-dealkylation sites (tertiary alicyclic amines) is 2. The van der Waals surface area contributed by atoms with Crippen LogP contribution < -0.4 is 49.5 Å². The van der Waals surface area contributed by atoms with Crippen LogP contribution in [-0.2, 0) is 56.0 Å². The third-order valence-electron chi connectivity index (χ3n) is 14.2. The topological polar surface area (TPSA) is 422 Å². The van der Waals surface area contributed by atoms with Crippen LogP contribution >= 0.6 is 0 Å². The average Bonchev–Trinajstić information content (AvgIpc) is 4.32. The molecule has 0 bridgehead atoms. The first-order valence-electron chi connectivity index (χ1n) is 27.5. The highest BCUT2D eigenvalue weighted by atomic mass is 19.4. The van der Waals surface area contributed by atoms with Gasteiger partial charge < -0.3 is 79.5 Å². The Morgan fingerprint density at radius 1 is 0.768 bits per heavy atom. The maximum absolute atomic E-state index is 14.8. The molecule has 0 aliphatic carbocycles. The number of H-pyrrole nitrogens is 2. The number of benzene rings is 1. The summed E-state index contributed by atoms with van der Waals surface area (Å²) >= 11 is 0. The molecule has 2 fully saturated rings. The number of carboxylic acid groups (broad SMARTS) is 2. The lowest BCUT2D eigenvalue weighted by atomic mass is 9.96. The number of hydrogen-bond donors (Lipinski definition) is 13. The number of aliphatic imine (C=N–C) groups is 1. The second kappa shape index (κ2) is 32.0. The lowest BCUT2D eigenvalue weighted by Gasteiger charge is -2.32. The number of rotatable bonds is 29. The van der Waals surface area contributed by atoms with Gasteiger partial charge in [0.1, 0.15) is 42.3 Å². The van der Waals surface area contributed by atoms with Crippen molar-refractivity contribution < 1.29 is 66.5 Å². The number of para-hydroxylation sites is 1. The molecule has 0 spiro atoms. The van der Waals surface area contributed by atoms with Gasteiger partial charge in [0, 0.05) is 61.5 Å². The van der Waals surface area contributed by atoms with Crippen molar-refractivity contribution in [2.75, 3.05) is 26.2 Å². The Kier molecular flexibility index (Phi) is 26.0. The SMILES string of the molecule is CC[C@H](C)[C@H](NC(=O)[C@H](Cc1c[nH]c2ccccc12)NC(=O)[C@@H]1CCCN1C(=O)[C@H](CCCN=C(N)N)NC(=O)[C@H](CCCCN)NC(=O)[C@@H]1CCCN1C(=O)[C@@H](N)Cc1cnc[nH]1)C(=O)N[C@@H](CC(C)C)C(=O)O.O=C(O)C(F)(F)F. The van der Waals surface area contributed by atoms with Gasteiger partial charge in [0.2, 0.25) is 41.4 Å². The first-order valence-corrected chi connectivity index (χ1v) is 27.5. The molecule has 26 nitrogen and oxygen atoms in total. The van der Waals surface area contributed by atoms with Gasteiger partial charge in [-0.2, -0.15) is 13.2 Å². The van der Waals surface area contributed by atoms with Crippen LogP contribution in [-0.4, -0.2) is 175 Å². The molecule has 17 N–H and O–H groups in total. The summed E-state index contributed by atoms with van der Waals surface area (Å²) in [5.41, 5.74) is 25.4. The van der Waals surface area contributed by atoms with E-state index in [0.29, 0.717) is 62.9 Å². The Morgan fingerprint density at radius 3 is 1.91 bits per heavy atom. The van der Waals surface area contributed by atoms with Crippen molar-refractivity contribution in [1.29, 1.82) is 0 Å². The zero-order valence-electron chi connectivity index (χ0n) is 46.6. The molecule has 5 rings (SSSR count). The molecule has 82 heavy (non-hydrogen) atoms. The normalized spacial score (nSPS) is 17.7. The highest BCUT2D eigenvalue weighted by Crippen LogP contribution is 2.24. The smallest absolute Gasteiger partial charge is 0.480 e. The minimum absolute atomic E-state index is 0.0201. The molecule has 2 aliphatic rings. The number of guanidine groups is 1. The molecule has 0 unspecified atom stereocenters. The molecule has 3 aromatic rings. The number of fused-ring (bicyclic) bond motifs is 1. The summed E-state index contributed by atoms with van der Waals surface area (Å²) in [5.74, 6) is -8.86. The Bertz CT molecular complexity index is 2670. The predicted molar refractivity (Wildman–Crippen MR) is 294 cm³/mol. The van der Waals surface area contributed by atoms with Crippen LogP contribution in [0.1, 0.15) is 110 Å². The molecular weight excluding hydrogens is 1080 g/mol. The van der Waals surface area contributed by atoms with Crippen LogP contribution in [0.2, 0.25) is 0 Å². The maximum atomic E-state index is 14.8. The third-order valence-corrected chi connectivity index (χ3v) is 14.2. The Labute approximate surface area is 472 Å². The van der Waals surface area contributed by atoms with Gasteiger partial charge in [-0.25, -0.2) is 14.6 Å². The Hall–Kier alpha value is -7.82. The standard InChI is InChI=1S/C51H79N15O9.C2HF3O2/c1-5-30(4)42(47(71)63-39(50(74)75)23-29(2)3)64-44(68)38(24-31-26-58-35-14-7-6-13-33(31)35)62-46(70)41-18-12-22-66(41)49(73)37(16-10-20-57-51(54)55)61-43(67)36(15-8-9-19-52)60-45(69)40-17-11-21-65(40)48(72)34(53)25-32-27-56-28-59-32;3-2(4,5)1(6)7/h6-7,13-14,26-30,34,36-42,58H,5,8-12,15-25,52-53H2,1-4H3,(H,56,59)(H,60,69)(H,61,67)(H,62,70)(H,63,71)(H,64,68)(H,74,75)(H4,54,55,57);(H,6,7)/t30-,34-,36-,37-,38-,39-,40-,41-,42-;/m0./s1. The summed E-state index contributed by atoms with van der Waals surface area (Å²) in [6.45, 7) is 8.15. The highest BCUT2D eigenvalue weighted by molar-refractivity contribution is 5.98. The molecule has 4 heterocycles. The van der Waals surface area contributed by atoms with Crippen molar-refractivity contribution in [3.05, 3.63) is 54.2 Å². The van der Waals surface area contributed by atoms with Gasteiger partial charge in [-0.15, -0.1) is 0 Å². The fourth-order valence-electron chi connectivity index (χ4n) is 9.71. The minimum atomic E-state index is -5.08. The number of aromatic nitrogens is 3. The zero-order valence-corrected chi connectivity index (χ0v) is 46.6. The van der Waals surface area contributed by atoms with E-state index in [1.165, 1.54) is 16.1 Å². The van der Waals surface area contributed by atoms with Crippen LogP contribution in [0.4, 0.5) is 13.2 Å². The van der Waals surface area contributed by atoms with Gasteiger partial charge in [-0.3, -0.25) is 38.6 Å². The average molecular weight is 1160 g/mol. The van der Waals surface area contributed by atoms with E-state index >= 15 is 0 Å². The number of amides is 7. The van der Waals surface area contributed by atoms with E-state index in [1.54, 1.807) is 19.3 Å². The number of carboxylic acids is 2. The summed E-state index contributed by atoms with van der Waals surface area (Å²) in [4.78, 5) is 138. The highest BCUT2D eigenvalue weighted by Gasteiger charge is 2.42. The Balaban J connectivity index is 0.00000193. The summed E-state index contributed by atoms with van der Waals surface area (Å²) in [6.07, 6.45) is 3.43. The van der Waals surface area contributed by atoms with E-state index in [-0.39, 0.29) is 69.9 Å². The van der Waals surface area contributed by atoms with Gasteiger partial charge in [-0.05, 0) is 94.2 Å². The lowest BCUT2D eigenvalue weighted by molar-refractivity contribution is -0.192. The number of nitrogens with zero attached hydrogens (tertiary/aromatic N) is 4. The lowest BCUT2D eigenvalue weighted by Crippen LogP contribution is -2.60.